The third-order valence-corrected chi connectivity index (χ3v) is 8.51. The zero-order valence-corrected chi connectivity index (χ0v) is 16.7. The second kappa shape index (κ2) is 5.61. The van der Waals surface area contributed by atoms with Crippen LogP contribution in [0.5, 0.6) is 0 Å². The summed E-state index contributed by atoms with van der Waals surface area (Å²) in [6, 6.07) is 0. The predicted octanol–water partition coefficient (Wildman–Crippen LogP) is 5.76. The number of carbonyl (C=O) groups excluding carboxylic acids is 1. The van der Waals surface area contributed by atoms with E-state index < -0.39 is 0 Å². The number of esters is 1. The van der Waals surface area contributed by atoms with Crippen LogP contribution in [0, 0.1) is 34.5 Å². The highest BCUT2D eigenvalue weighted by molar-refractivity contribution is 5.82. The van der Waals surface area contributed by atoms with E-state index in [-0.39, 0.29) is 28.3 Å². The normalized spacial score (nSPS) is 45.7. The molecule has 0 aromatic carbocycles. The van der Waals surface area contributed by atoms with Gasteiger partial charge in [0, 0.05) is 0 Å². The van der Waals surface area contributed by atoms with Gasteiger partial charge in [-0.2, -0.15) is 0 Å². The topological polar surface area (TPSA) is 26.3 Å². The monoisotopic (exact) mass is 332 g/mol. The molecule has 2 heteroatoms. The van der Waals surface area contributed by atoms with Gasteiger partial charge in [0.1, 0.15) is 11.5 Å². The van der Waals surface area contributed by atoms with Crippen LogP contribution in [0.4, 0.5) is 0 Å². The Balaban J connectivity index is 2.06. The zero-order chi connectivity index (χ0) is 17.9. The first-order valence-electron chi connectivity index (χ1n) is 10.0. The minimum atomic E-state index is -0.213. The molecule has 1 saturated heterocycles. The summed E-state index contributed by atoms with van der Waals surface area (Å²) in [6.07, 6.45) is 8.14. The first kappa shape index (κ1) is 18.0. The molecule has 2 fully saturated rings. The molecule has 0 spiro atoms. The van der Waals surface area contributed by atoms with Gasteiger partial charge in [0.25, 0.3) is 0 Å². The van der Waals surface area contributed by atoms with Crippen molar-refractivity contribution in [2.45, 2.75) is 86.2 Å². The molecule has 2 nitrogen and oxygen atoms in total. The highest BCUT2D eigenvalue weighted by atomic mass is 16.6. The van der Waals surface area contributed by atoms with Crippen molar-refractivity contribution in [3.05, 3.63) is 11.6 Å². The lowest BCUT2D eigenvalue weighted by Crippen LogP contribution is -2.73. The van der Waals surface area contributed by atoms with Crippen LogP contribution in [0.1, 0.15) is 80.6 Å². The highest BCUT2D eigenvalue weighted by Crippen LogP contribution is 2.70. The summed E-state index contributed by atoms with van der Waals surface area (Å²) in [7, 11) is 0. The fourth-order valence-corrected chi connectivity index (χ4v) is 6.44. The van der Waals surface area contributed by atoms with Crippen molar-refractivity contribution in [2.75, 3.05) is 0 Å². The molecule has 1 heterocycles. The minimum absolute atomic E-state index is 0.0308. The minimum Gasteiger partial charge on any atom is -0.457 e. The maximum absolute atomic E-state index is 12.7. The number of hydrogen-bond donors (Lipinski definition) is 0. The average Bonchev–Trinajstić information content (AvgIpc) is 2.50. The maximum atomic E-state index is 12.7. The first-order chi connectivity index (χ1) is 11.1. The molecule has 3 rings (SSSR count). The lowest BCUT2D eigenvalue weighted by Gasteiger charge is -2.69. The Kier molecular flexibility index (Phi) is 4.21. The Hall–Kier alpha value is -0.790. The summed E-state index contributed by atoms with van der Waals surface area (Å²) >= 11 is 0. The van der Waals surface area contributed by atoms with E-state index in [0.29, 0.717) is 17.8 Å². The molecular weight excluding hydrogens is 296 g/mol. The van der Waals surface area contributed by atoms with E-state index in [1.165, 1.54) is 19.3 Å². The number of fused-ring (bicyclic) bond motifs is 3. The SMILES string of the molecule is CCCC1C(C)=CCC2(C)C3C(=O)OC3(C(C)C(C)C)CCC12C. The van der Waals surface area contributed by atoms with Gasteiger partial charge in [-0.25, -0.2) is 0 Å². The highest BCUT2D eigenvalue weighted by Gasteiger charge is 2.73. The van der Waals surface area contributed by atoms with E-state index >= 15 is 0 Å². The van der Waals surface area contributed by atoms with Crippen molar-refractivity contribution in [1.29, 1.82) is 0 Å². The quantitative estimate of drug-likeness (QED) is 0.483. The molecule has 136 valence electrons. The van der Waals surface area contributed by atoms with Crippen LogP contribution in [-0.2, 0) is 9.53 Å². The van der Waals surface area contributed by atoms with Gasteiger partial charge in [0.2, 0.25) is 0 Å². The summed E-state index contributed by atoms with van der Waals surface area (Å²) in [5.74, 6) is 1.73. The fraction of sp³-hybridized carbons (Fsp3) is 0.864. The van der Waals surface area contributed by atoms with Gasteiger partial charge in [-0.1, -0.05) is 59.6 Å². The van der Waals surface area contributed by atoms with E-state index in [4.69, 9.17) is 4.74 Å². The van der Waals surface area contributed by atoms with Crippen molar-refractivity contribution < 1.29 is 9.53 Å². The molecule has 3 aliphatic rings. The van der Waals surface area contributed by atoms with E-state index in [2.05, 4.69) is 54.5 Å². The number of ether oxygens (including phenoxy) is 1. The molecule has 0 radical (unpaired) electrons. The number of rotatable bonds is 4. The third-order valence-electron chi connectivity index (χ3n) is 8.51. The molecule has 0 bridgehead atoms. The number of hydrogen-bond acceptors (Lipinski definition) is 2. The van der Waals surface area contributed by atoms with E-state index in [0.717, 1.165) is 12.8 Å². The smallest absolute Gasteiger partial charge is 0.314 e. The maximum Gasteiger partial charge on any atom is 0.314 e. The summed E-state index contributed by atoms with van der Waals surface area (Å²) < 4.78 is 5.98. The molecule has 0 aromatic rings. The Morgan fingerprint density at radius 3 is 2.42 bits per heavy atom. The number of carbonyl (C=O) groups is 1. The van der Waals surface area contributed by atoms with Gasteiger partial charge in [-0.05, 0) is 61.2 Å². The molecule has 0 N–H and O–H groups in total. The van der Waals surface area contributed by atoms with Gasteiger partial charge >= 0.3 is 5.97 Å². The molecule has 24 heavy (non-hydrogen) atoms. The molecular formula is C22H36O2. The Labute approximate surface area is 148 Å². The van der Waals surface area contributed by atoms with Gasteiger partial charge in [-0.15, -0.1) is 0 Å². The van der Waals surface area contributed by atoms with Crippen LogP contribution in [0.2, 0.25) is 0 Å². The molecule has 6 unspecified atom stereocenters. The van der Waals surface area contributed by atoms with Crippen molar-refractivity contribution in [2.24, 2.45) is 34.5 Å². The Morgan fingerprint density at radius 2 is 1.88 bits per heavy atom. The van der Waals surface area contributed by atoms with Crippen LogP contribution in [0.25, 0.3) is 0 Å². The van der Waals surface area contributed by atoms with Crippen molar-refractivity contribution >= 4 is 5.97 Å². The average molecular weight is 333 g/mol. The zero-order valence-electron chi connectivity index (χ0n) is 16.7. The second-order valence-electron chi connectivity index (χ2n) is 9.67. The van der Waals surface area contributed by atoms with Crippen LogP contribution in [0.3, 0.4) is 0 Å². The fourth-order valence-electron chi connectivity index (χ4n) is 6.44. The van der Waals surface area contributed by atoms with Crippen LogP contribution < -0.4 is 0 Å². The van der Waals surface area contributed by atoms with Crippen molar-refractivity contribution in [3.63, 3.8) is 0 Å². The van der Waals surface area contributed by atoms with Crippen LogP contribution in [-0.4, -0.2) is 11.6 Å². The van der Waals surface area contributed by atoms with Gasteiger partial charge in [0.05, 0.1) is 0 Å². The number of allylic oxidation sites excluding steroid dienone is 2. The Morgan fingerprint density at radius 1 is 1.21 bits per heavy atom. The van der Waals surface area contributed by atoms with Crippen molar-refractivity contribution in [1.82, 2.24) is 0 Å². The van der Waals surface area contributed by atoms with Crippen molar-refractivity contribution in [3.8, 4) is 0 Å². The van der Waals surface area contributed by atoms with E-state index in [9.17, 15) is 4.79 Å². The van der Waals surface area contributed by atoms with Crippen LogP contribution in [0.15, 0.2) is 11.6 Å². The summed E-state index contributed by atoms with van der Waals surface area (Å²) in [4.78, 5) is 12.7. The lowest BCUT2D eigenvalue weighted by molar-refractivity contribution is -0.287. The van der Waals surface area contributed by atoms with Gasteiger partial charge in [-0.3, -0.25) is 4.79 Å². The summed E-state index contributed by atoms with van der Waals surface area (Å²) in [5.41, 5.74) is 1.58. The van der Waals surface area contributed by atoms with E-state index in [1.807, 2.05) is 0 Å². The molecule has 6 atom stereocenters. The van der Waals surface area contributed by atoms with E-state index in [1.54, 1.807) is 5.57 Å². The van der Waals surface area contributed by atoms with Gasteiger partial charge < -0.3 is 4.74 Å². The first-order valence-corrected chi connectivity index (χ1v) is 10.0. The molecule has 0 amide bonds. The largest absolute Gasteiger partial charge is 0.457 e. The second-order valence-corrected chi connectivity index (χ2v) is 9.67. The molecule has 1 saturated carbocycles. The van der Waals surface area contributed by atoms with Gasteiger partial charge in [0.15, 0.2) is 0 Å². The lowest BCUT2D eigenvalue weighted by atomic mass is 9.39. The summed E-state index contributed by atoms with van der Waals surface area (Å²) in [6.45, 7) is 16.3. The molecule has 2 aliphatic carbocycles. The third kappa shape index (κ3) is 2.04. The van der Waals surface area contributed by atoms with Crippen LogP contribution >= 0.6 is 0 Å². The molecule has 0 aromatic heterocycles. The standard InChI is InChI=1S/C22H36O2/c1-8-9-17-15(4)10-11-21(7)18-19(23)24-22(18,16(5)14(2)3)13-12-20(17,21)6/h10,14,16-18H,8-9,11-13H2,1-7H3. The predicted molar refractivity (Wildman–Crippen MR) is 98.5 cm³/mol. The Bertz CT molecular complexity index is 562. The summed E-state index contributed by atoms with van der Waals surface area (Å²) in [5, 5.41) is 0. The molecule has 1 aliphatic heterocycles.